The largest absolute Gasteiger partial charge is 0.300 e. The van der Waals surface area contributed by atoms with Crippen LogP contribution in [0.3, 0.4) is 0 Å². The second-order valence-corrected chi connectivity index (χ2v) is 5.68. The third kappa shape index (κ3) is 2.49. The maximum absolute atomic E-state index is 4.86. The van der Waals surface area contributed by atoms with Gasteiger partial charge in [-0.25, -0.2) is 0 Å². The quantitative estimate of drug-likeness (QED) is 0.777. The molecule has 2 atom stereocenters. The number of rotatable bonds is 2. The summed E-state index contributed by atoms with van der Waals surface area (Å²) in [4.78, 5) is 7.45. The summed E-state index contributed by atoms with van der Waals surface area (Å²) in [5.41, 5.74) is 2.78. The van der Waals surface area contributed by atoms with Crippen molar-refractivity contribution in [2.45, 2.75) is 50.7 Å². The second kappa shape index (κ2) is 5.23. The van der Waals surface area contributed by atoms with Crippen molar-refractivity contribution in [3.8, 4) is 0 Å². The molecule has 0 N–H and O–H groups in total. The van der Waals surface area contributed by atoms with E-state index in [1.165, 1.54) is 43.4 Å². The predicted octanol–water partition coefficient (Wildman–Crippen LogP) is 3.27. The normalized spacial score (nSPS) is 28.2. The molecule has 2 saturated heterocycles. The summed E-state index contributed by atoms with van der Waals surface area (Å²) in [6.07, 6.45) is 6.51. The van der Waals surface area contributed by atoms with E-state index in [9.17, 15) is 0 Å². The van der Waals surface area contributed by atoms with Gasteiger partial charge in [0.25, 0.3) is 0 Å². The fourth-order valence-corrected chi connectivity index (χ4v) is 3.33. The number of hydrogen-bond acceptors (Lipinski definition) is 2. The molecule has 2 aliphatic rings. The monoisotopic (exact) mass is 242 g/mol. The van der Waals surface area contributed by atoms with Crippen molar-refractivity contribution in [2.24, 2.45) is 4.99 Å². The van der Waals surface area contributed by atoms with E-state index in [4.69, 9.17) is 4.99 Å². The smallest absolute Gasteiger partial charge is 0.0639 e. The van der Waals surface area contributed by atoms with Gasteiger partial charge in [0, 0.05) is 30.6 Å². The van der Waals surface area contributed by atoms with Gasteiger partial charge in [-0.3, -0.25) is 9.89 Å². The van der Waals surface area contributed by atoms with E-state index in [1.54, 1.807) is 0 Å². The van der Waals surface area contributed by atoms with Crippen molar-refractivity contribution >= 4 is 5.71 Å². The van der Waals surface area contributed by atoms with E-state index in [0.29, 0.717) is 0 Å². The molecule has 2 heterocycles. The third-order valence-electron chi connectivity index (χ3n) is 4.50. The zero-order valence-corrected chi connectivity index (χ0v) is 11.2. The molecule has 18 heavy (non-hydrogen) atoms. The van der Waals surface area contributed by atoms with E-state index in [-0.39, 0.29) is 0 Å². The number of benzene rings is 1. The molecule has 3 rings (SSSR count). The molecule has 1 aromatic carbocycles. The SMILES string of the molecule is CN1C2CCCC1CC(=NCc1ccccc1)C2. The molecule has 0 saturated carbocycles. The maximum Gasteiger partial charge on any atom is 0.0639 e. The number of piperidine rings is 2. The highest BCUT2D eigenvalue weighted by Gasteiger charge is 2.33. The highest BCUT2D eigenvalue weighted by Crippen LogP contribution is 2.31. The highest BCUT2D eigenvalue weighted by molar-refractivity contribution is 5.86. The van der Waals surface area contributed by atoms with E-state index in [2.05, 4.69) is 42.3 Å². The zero-order valence-electron chi connectivity index (χ0n) is 11.2. The number of aliphatic imine (C=N–C) groups is 1. The summed E-state index contributed by atoms with van der Waals surface area (Å²) >= 11 is 0. The molecule has 2 aliphatic heterocycles. The molecule has 2 unspecified atom stereocenters. The van der Waals surface area contributed by atoms with E-state index in [1.807, 2.05) is 0 Å². The molecule has 0 amide bonds. The summed E-state index contributed by atoms with van der Waals surface area (Å²) in [5.74, 6) is 0. The molecule has 2 fully saturated rings. The van der Waals surface area contributed by atoms with Crippen LogP contribution in [0.5, 0.6) is 0 Å². The van der Waals surface area contributed by atoms with Gasteiger partial charge in [-0.2, -0.15) is 0 Å². The van der Waals surface area contributed by atoms with Crippen LogP contribution in [0.1, 0.15) is 37.7 Å². The first-order valence-corrected chi connectivity index (χ1v) is 7.11. The minimum Gasteiger partial charge on any atom is -0.300 e. The Morgan fingerprint density at radius 1 is 1.11 bits per heavy atom. The van der Waals surface area contributed by atoms with Crippen molar-refractivity contribution < 1.29 is 0 Å². The minimum absolute atomic E-state index is 0.757. The Hall–Kier alpha value is -1.15. The Kier molecular flexibility index (Phi) is 3.46. The molecule has 96 valence electrons. The second-order valence-electron chi connectivity index (χ2n) is 5.68. The topological polar surface area (TPSA) is 15.6 Å². The average Bonchev–Trinajstić information content (AvgIpc) is 2.38. The standard InChI is InChI=1S/C16H22N2/c1-18-15-8-5-9-16(18)11-14(10-15)17-12-13-6-3-2-4-7-13/h2-4,6-7,15-16H,5,8-12H2,1H3. The van der Waals surface area contributed by atoms with Crippen LogP contribution in [-0.2, 0) is 6.54 Å². The average molecular weight is 242 g/mol. The molecule has 2 nitrogen and oxygen atoms in total. The van der Waals surface area contributed by atoms with Gasteiger partial charge < -0.3 is 0 Å². The molecule has 0 radical (unpaired) electrons. The number of hydrogen-bond donors (Lipinski definition) is 0. The first-order chi connectivity index (χ1) is 8.83. The molecular formula is C16H22N2. The highest BCUT2D eigenvalue weighted by atomic mass is 15.2. The van der Waals surface area contributed by atoms with Crippen molar-refractivity contribution in [3.63, 3.8) is 0 Å². The Labute approximate surface area is 110 Å². The predicted molar refractivity (Wildman–Crippen MR) is 76.0 cm³/mol. The first kappa shape index (κ1) is 11.9. The summed E-state index contributed by atoms with van der Waals surface area (Å²) in [6.45, 7) is 0.860. The Morgan fingerprint density at radius 2 is 1.78 bits per heavy atom. The van der Waals surface area contributed by atoms with Crippen LogP contribution < -0.4 is 0 Å². The van der Waals surface area contributed by atoms with Gasteiger partial charge >= 0.3 is 0 Å². The van der Waals surface area contributed by atoms with Crippen LogP contribution >= 0.6 is 0 Å². The van der Waals surface area contributed by atoms with Gasteiger partial charge in [-0.15, -0.1) is 0 Å². The van der Waals surface area contributed by atoms with Gasteiger partial charge in [-0.1, -0.05) is 36.8 Å². The van der Waals surface area contributed by atoms with Gasteiger partial charge in [0.2, 0.25) is 0 Å². The molecule has 0 aliphatic carbocycles. The maximum atomic E-state index is 4.86. The van der Waals surface area contributed by atoms with Crippen molar-refractivity contribution in [1.82, 2.24) is 4.90 Å². The zero-order chi connectivity index (χ0) is 12.4. The van der Waals surface area contributed by atoms with Gasteiger partial charge in [0.1, 0.15) is 0 Å². The Balaban J connectivity index is 1.67. The number of nitrogens with zero attached hydrogens (tertiary/aromatic N) is 2. The molecule has 1 aromatic rings. The minimum atomic E-state index is 0.757. The first-order valence-electron chi connectivity index (χ1n) is 7.11. The van der Waals surface area contributed by atoms with Gasteiger partial charge in [0.05, 0.1) is 6.54 Å². The lowest BCUT2D eigenvalue weighted by Crippen LogP contribution is -2.50. The van der Waals surface area contributed by atoms with Crippen LogP contribution in [0, 0.1) is 0 Å². The lowest BCUT2D eigenvalue weighted by atomic mass is 9.84. The summed E-state index contributed by atoms with van der Waals surface area (Å²) in [7, 11) is 2.29. The van der Waals surface area contributed by atoms with Crippen LogP contribution in [-0.4, -0.2) is 29.7 Å². The van der Waals surface area contributed by atoms with E-state index >= 15 is 0 Å². The van der Waals surface area contributed by atoms with E-state index < -0.39 is 0 Å². The van der Waals surface area contributed by atoms with Crippen LogP contribution in [0.2, 0.25) is 0 Å². The molecule has 0 spiro atoms. The van der Waals surface area contributed by atoms with Crippen molar-refractivity contribution in [3.05, 3.63) is 35.9 Å². The molecular weight excluding hydrogens is 220 g/mol. The lowest BCUT2D eigenvalue weighted by Gasteiger charge is -2.44. The molecule has 0 aromatic heterocycles. The molecule has 2 bridgehead atoms. The third-order valence-corrected chi connectivity index (χ3v) is 4.50. The Bertz CT molecular complexity index is 408. The van der Waals surface area contributed by atoms with Gasteiger partial charge in [-0.05, 0) is 25.5 Å². The van der Waals surface area contributed by atoms with Gasteiger partial charge in [0.15, 0.2) is 0 Å². The Morgan fingerprint density at radius 3 is 2.44 bits per heavy atom. The number of fused-ring (bicyclic) bond motifs is 2. The summed E-state index contributed by atoms with van der Waals surface area (Å²) in [6, 6.07) is 12.1. The van der Waals surface area contributed by atoms with Crippen LogP contribution in [0.4, 0.5) is 0 Å². The van der Waals surface area contributed by atoms with Crippen LogP contribution in [0.15, 0.2) is 35.3 Å². The fourth-order valence-electron chi connectivity index (χ4n) is 3.33. The van der Waals surface area contributed by atoms with Crippen molar-refractivity contribution in [1.29, 1.82) is 0 Å². The van der Waals surface area contributed by atoms with Crippen LogP contribution in [0.25, 0.3) is 0 Å². The molecule has 2 heteroatoms. The summed E-state index contributed by atoms with van der Waals surface area (Å²) in [5, 5.41) is 0. The van der Waals surface area contributed by atoms with Crippen molar-refractivity contribution in [2.75, 3.05) is 7.05 Å². The fraction of sp³-hybridized carbons (Fsp3) is 0.562. The lowest BCUT2D eigenvalue weighted by molar-refractivity contribution is 0.107. The van der Waals surface area contributed by atoms with E-state index in [0.717, 1.165) is 18.6 Å². The summed E-state index contributed by atoms with van der Waals surface area (Å²) < 4.78 is 0.